The van der Waals surface area contributed by atoms with E-state index in [1.165, 1.54) is 12.8 Å². The molecule has 2 N–H and O–H groups in total. The Hall–Kier alpha value is -0.700. The third-order valence-corrected chi connectivity index (χ3v) is 1.70. The van der Waals surface area contributed by atoms with Crippen LogP contribution in [0.3, 0.4) is 0 Å². The van der Waals surface area contributed by atoms with Gasteiger partial charge in [-0.1, -0.05) is 6.58 Å². The summed E-state index contributed by atoms with van der Waals surface area (Å²) in [6.45, 7) is 6.05. The van der Waals surface area contributed by atoms with Gasteiger partial charge in [0.2, 0.25) is 0 Å². The van der Waals surface area contributed by atoms with Gasteiger partial charge in [0.1, 0.15) is 5.82 Å². The Morgan fingerprint density at radius 1 is 1.40 bits per heavy atom. The molecule has 1 saturated heterocycles. The number of nitrogens with one attached hydrogen (secondary N) is 2. The van der Waals surface area contributed by atoms with Crippen LogP contribution in [0.5, 0.6) is 0 Å². The van der Waals surface area contributed by atoms with Crippen molar-refractivity contribution >= 4 is 0 Å². The van der Waals surface area contributed by atoms with Gasteiger partial charge in [0, 0.05) is 20.1 Å². The minimum Gasteiger partial charge on any atom is -0.374 e. The quantitative estimate of drug-likeness (QED) is 0.591. The maximum absolute atomic E-state index is 3.77. The lowest BCUT2D eigenvalue weighted by Crippen LogP contribution is -2.37. The molecule has 1 aliphatic rings. The summed E-state index contributed by atoms with van der Waals surface area (Å²) in [5.74, 6) is 0.877. The molecule has 1 aliphatic heterocycles. The minimum absolute atomic E-state index is 0.877. The van der Waals surface area contributed by atoms with E-state index < -0.39 is 0 Å². The van der Waals surface area contributed by atoms with E-state index in [0.717, 1.165) is 18.9 Å². The number of nitrogens with zero attached hydrogens (tertiary/aromatic N) is 1. The van der Waals surface area contributed by atoms with Gasteiger partial charge < -0.3 is 10.7 Å². The molecule has 0 amide bonds. The van der Waals surface area contributed by atoms with Gasteiger partial charge in [-0.25, -0.2) is 5.01 Å². The lowest BCUT2D eigenvalue weighted by Gasteiger charge is -2.18. The van der Waals surface area contributed by atoms with E-state index in [9.17, 15) is 0 Å². The molecule has 3 nitrogen and oxygen atoms in total. The summed E-state index contributed by atoms with van der Waals surface area (Å²) in [6.07, 6.45) is 2.59. The molecular weight excluding hydrogens is 126 g/mol. The van der Waals surface area contributed by atoms with Crippen LogP contribution in [0.4, 0.5) is 0 Å². The van der Waals surface area contributed by atoms with Crippen molar-refractivity contribution in [3.8, 4) is 0 Å². The molecule has 0 spiro atoms. The highest BCUT2D eigenvalue weighted by atomic mass is 15.5. The van der Waals surface area contributed by atoms with E-state index in [-0.39, 0.29) is 0 Å². The Labute approximate surface area is 62.1 Å². The standard InChI is InChI=1S/C7H15N3/c1-7(8-2)9-10-5-3-4-6-10/h8-9H,1,3-6H2,2H3. The predicted molar refractivity (Wildman–Crippen MR) is 42.1 cm³/mol. The number of hydrogen-bond acceptors (Lipinski definition) is 3. The second kappa shape index (κ2) is 3.46. The summed E-state index contributed by atoms with van der Waals surface area (Å²) in [7, 11) is 1.87. The monoisotopic (exact) mass is 141 g/mol. The highest BCUT2D eigenvalue weighted by Crippen LogP contribution is 2.03. The molecule has 1 rings (SSSR count). The molecule has 58 valence electrons. The number of rotatable bonds is 3. The second-order valence-electron chi connectivity index (χ2n) is 2.53. The predicted octanol–water partition coefficient (Wildman–Crippen LogP) is 0.277. The summed E-state index contributed by atoms with van der Waals surface area (Å²) in [6, 6.07) is 0. The van der Waals surface area contributed by atoms with Crippen LogP contribution >= 0.6 is 0 Å². The highest BCUT2D eigenvalue weighted by molar-refractivity contribution is 4.85. The Morgan fingerprint density at radius 2 is 2.00 bits per heavy atom. The van der Waals surface area contributed by atoms with Gasteiger partial charge >= 0.3 is 0 Å². The summed E-state index contributed by atoms with van der Waals surface area (Å²) in [4.78, 5) is 0. The molecule has 0 unspecified atom stereocenters. The molecule has 10 heavy (non-hydrogen) atoms. The molecule has 1 heterocycles. The molecular formula is C7H15N3. The summed E-state index contributed by atoms with van der Waals surface area (Å²) in [5.41, 5.74) is 3.16. The smallest absolute Gasteiger partial charge is 0.106 e. The van der Waals surface area contributed by atoms with E-state index >= 15 is 0 Å². The average molecular weight is 141 g/mol. The zero-order valence-electron chi connectivity index (χ0n) is 6.48. The normalized spacial score (nSPS) is 18.9. The summed E-state index contributed by atoms with van der Waals surface area (Å²) < 4.78 is 0. The molecule has 0 radical (unpaired) electrons. The Bertz CT molecular complexity index is 116. The van der Waals surface area contributed by atoms with Crippen molar-refractivity contribution in [2.45, 2.75) is 12.8 Å². The topological polar surface area (TPSA) is 27.3 Å². The van der Waals surface area contributed by atoms with Crippen LogP contribution in [0.2, 0.25) is 0 Å². The molecule has 0 aromatic rings. The molecule has 1 fully saturated rings. The van der Waals surface area contributed by atoms with E-state index in [4.69, 9.17) is 0 Å². The molecule has 0 saturated carbocycles. The van der Waals surface area contributed by atoms with E-state index in [2.05, 4.69) is 22.3 Å². The molecule has 0 aromatic carbocycles. The maximum Gasteiger partial charge on any atom is 0.106 e. The van der Waals surface area contributed by atoms with Gasteiger partial charge in [-0.15, -0.1) is 0 Å². The van der Waals surface area contributed by atoms with Gasteiger partial charge in [-0.2, -0.15) is 0 Å². The fourth-order valence-corrected chi connectivity index (χ4v) is 1.08. The maximum atomic E-state index is 3.77. The Balaban J connectivity index is 2.17. The van der Waals surface area contributed by atoms with Gasteiger partial charge in [-0.05, 0) is 12.8 Å². The fourth-order valence-electron chi connectivity index (χ4n) is 1.08. The molecule has 0 bridgehead atoms. The van der Waals surface area contributed by atoms with Crippen LogP contribution in [0.1, 0.15) is 12.8 Å². The molecule has 0 aliphatic carbocycles. The van der Waals surface area contributed by atoms with Crippen molar-refractivity contribution < 1.29 is 0 Å². The van der Waals surface area contributed by atoms with E-state index in [1.807, 2.05) is 7.05 Å². The zero-order valence-corrected chi connectivity index (χ0v) is 6.48. The van der Waals surface area contributed by atoms with Crippen LogP contribution in [0.25, 0.3) is 0 Å². The van der Waals surface area contributed by atoms with Crippen molar-refractivity contribution in [3.05, 3.63) is 12.4 Å². The average Bonchev–Trinajstić information content (AvgIpc) is 2.40. The van der Waals surface area contributed by atoms with Crippen molar-refractivity contribution in [3.63, 3.8) is 0 Å². The zero-order chi connectivity index (χ0) is 7.40. The van der Waals surface area contributed by atoms with Crippen LogP contribution in [-0.4, -0.2) is 25.1 Å². The lowest BCUT2D eigenvalue weighted by atomic mass is 10.4. The minimum atomic E-state index is 0.877. The highest BCUT2D eigenvalue weighted by Gasteiger charge is 2.10. The SMILES string of the molecule is C=C(NC)NN1CCCC1. The lowest BCUT2D eigenvalue weighted by molar-refractivity contribution is 0.260. The largest absolute Gasteiger partial charge is 0.374 e. The Kier molecular flexibility index (Phi) is 2.57. The first-order chi connectivity index (χ1) is 4.83. The first kappa shape index (κ1) is 7.41. The summed E-state index contributed by atoms with van der Waals surface area (Å²) >= 11 is 0. The molecule has 0 atom stereocenters. The molecule has 3 heteroatoms. The van der Waals surface area contributed by atoms with Gasteiger partial charge in [-0.3, -0.25) is 0 Å². The summed E-state index contributed by atoms with van der Waals surface area (Å²) in [5, 5.41) is 5.12. The molecule has 0 aromatic heterocycles. The van der Waals surface area contributed by atoms with Gasteiger partial charge in [0.25, 0.3) is 0 Å². The first-order valence-corrected chi connectivity index (χ1v) is 3.71. The van der Waals surface area contributed by atoms with Gasteiger partial charge in [0.15, 0.2) is 0 Å². The fraction of sp³-hybridized carbons (Fsp3) is 0.714. The van der Waals surface area contributed by atoms with Crippen LogP contribution in [0, 0.1) is 0 Å². The van der Waals surface area contributed by atoms with E-state index in [1.54, 1.807) is 0 Å². The Morgan fingerprint density at radius 3 is 2.50 bits per heavy atom. The van der Waals surface area contributed by atoms with Crippen LogP contribution in [-0.2, 0) is 0 Å². The van der Waals surface area contributed by atoms with Gasteiger partial charge in [0.05, 0.1) is 0 Å². The van der Waals surface area contributed by atoms with Crippen molar-refractivity contribution in [1.82, 2.24) is 15.8 Å². The van der Waals surface area contributed by atoms with Crippen molar-refractivity contribution in [2.24, 2.45) is 0 Å². The third-order valence-electron chi connectivity index (χ3n) is 1.70. The third kappa shape index (κ3) is 1.92. The second-order valence-corrected chi connectivity index (χ2v) is 2.53. The van der Waals surface area contributed by atoms with E-state index in [0.29, 0.717) is 0 Å². The van der Waals surface area contributed by atoms with Crippen molar-refractivity contribution in [2.75, 3.05) is 20.1 Å². The number of hydrazine groups is 1. The van der Waals surface area contributed by atoms with Crippen LogP contribution < -0.4 is 10.7 Å². The van der Waals surface area contributed by atoms with Crippen molar-refractivity contribution in [1.29, 1.82) is 0 Å². The first-order valence-electron chi connectivity index (χ1n) is 3.71. The van der Waals surface area contributed by atoms with Crippen LogP contribution in [0.15, 0.2) is 12.4 Å². The number of hydrogen-bond donors (Lipinski definition) is 2.